The van der Waals surface area contributed by atoms with Crippen LogP contribution < -0.4 is 10.1 Å². The lowest BCUT2D eigenvalue weighted by molar-refractivity contribution is -0.112. The number of rotatable bonds is 6. The van der Waals surface area contributed by atoms with E-state index in [0.717, 1.165) is 27.7 Å². The molecule has 0 unspecified atom stereocenters. The molecular weight excluding hydrogens is 424 g/mol. The predicted octanol–water partition coefficient (Wildman–Crippen LogP) is 5.79. The first-order valence-electron chi connectivity index (χ1n) is 10.2. The van der Waals surface area contributed by atoms with Gasteiger partial charge in [0.05, 0.1) is 12.7 Å². The first-order valence-corrected chi connectivity index (χ1v) is 10.6. The summed E-state index contributed by atoms with van der Waals surface area (Å²) >= 11 is 6.02. The van der Waals surface area contributed by atoms with Gasteiger partial charge < -0.3 is 14.6 Å². The summed E-state index contributed by atoms with van der Waals surface area (Å²) < 4.78 is 7.25. The zero-order chi connectivity index (χ0) is 22.8. The first kappa shape index (κ1) is 21.7. The Balaban J connectivity index is 1.73. The number of hydrogen-bond donors (Lipinski definition) is 1. The van der Waals surface area contributed by atoms with Crippen LogP contribution in [0.3, 0.4) is 0 Å². The Morgan fingerprint density at radius 3 is 2.47 bits per heavy atom. The average molecular weight is 447 g/mol. The van der Waals surface area contributed by atoms with Crippen LogP contribution in [0.4, 0.5) is 5.69 Å². The highest BCUT2D eigenvalue weighted by Gasteiger charge is 2.25. The van der Waals surface area contributed by atoms with E-state index in [9.17, 15) is 9.59 Å². The molecule has 0 aliphatic rings. The molecule has 0 saturated carbocycles. The fourth-order valence-electron chi connectivity index (χ4n) is 3.86. The van der Waals surface area contributed by atoms with E-state index in [2.05, 4.69) is 9.88 Å². The second kappa shape index (κ2) is 8.89. The fraction of sp³-hybridized carbons (Fsp3) is 0.154. The number of carbonyl (C=O) groups is 2. The van der Waals surface area contributed by atoms with E-state index in [1.165, 1.54) is 0 Å². The highest BCUT2D eigenvalue weighted by Crippen LogP contribution is 2.29. The van der Waals surface area contributed by atoms with Gasteiger partial charge in [-0.15, -0.1) is 0 Å². The molecule has 6 heteroatoms. The quantitative estimate of drug-likeness (QED) is 0.301. The maximum absolute atomic E-state index is 13.3. The van der Waals surface area contributed by atoms with Crippen LogP contribution in [0.5, 0.6) is 5.75 Å². The Bertz CT molecular complexity index is 1320. The third-order valence-electron chi connectivity index (χ3n) is 5.49. The number of halogens is 1. The highest BCUT2D eigenvalue weighted by molar-refractivity contribution is 6.48. The SMILES string of the molecule is COc1cccc(NC(=O)C(=O)c2c(C)n(Cc3ccc(Cl)cc3)c3ccc(C)cc23)c1. The molecule has 0 aliphatic carbocycles. The molecule has 0 bridgehead atoms. The zero-order valence-corrected chi connectivity index (χ0v) is 18.9. The van der Waals surface area contributed by atoms with Crippen molar-refractivity contribution in [1.29, 1.82) is 0 Å². The van der Waals surface area contributed by atoms with Gasteiger partial charge in [0.25, 0.3) is 11.7 Å². The van der Waals surface area contributed by atoms with Crippen molar-refractivity contribution in [2.75, 3.05) is 12.4 Å². The van der Waals surface area contributed by atoms with E-state index in [1.807, 2.05) is 56.3 Å². The van der Waals surface area contributed by atoms with Crippen molar-refractivity contribution in [2.24, 2.45) is 0 Å². The van der Waals surface area contributed by atoms with Crippen LogP contribution in [0, 0.1) is 13.8 Å². The van der Waals surface area contributed by atoms with Gasteiger partial charge in [0.2, 0.25) is 0 Å². The molecule has 3 aromatic carbocycles. The average Bonchev–Trinajstić information content (AvgIpc) is 3.05. The molecule has 32 heavy (non-hydrogen) atoms. The number of carbonyl (C=O) groups excluding carboxylic acids is 2. The second-order valence-electron chi connectivity index (χ2n) is 7.71. The molecule has 4 aromatic rings. The number of aryl methyl sites for hydroxylation is 1. The van der Waals surface area contributed by atoms with Crippen molar-refractivity contribution < 1.29 is 14.3 Å². The molecule has 0 fully saturated rings. The largest absolute Gasteiger partial charge is 0.497 e. The topological polar surface area (TPSA) is 60.3 Å². The molecule has 5 nitrogen and oxygen atoms in total. The number of nitrogens with zero attached hydrogens (tertiary/aromatic N) is 1. The highest BCUT2D eigenvalue weighted by atomic mass is 35.5. The van der Waals surface area contributed by atoms with E-state index in [4.69, 9.17) is 16.3 Å². The third kappa shape index (κ3) is 4.25. The lowest BCUT2D eigenvalue weighted by atomic mass is 10.0. The van der Waals surface area contributed by atoms with Crippen LogP contribution in [-0.2, 0) is 11.3 Å². The maximum Gasteiger partial charge on any atom is 0.296 e. The van der Waals surface area contributed by atoms with E-state index in [-0.39, 0.29) is 0 Å². The number of ketones is 1. The van der Waals surface area contributed by atoms with Crippen molar-refractivity contribution >= 4 is 39.9 Å². The standard InChI is InChI=1S/C26H23ClN2O3/c1-16-7-12-23-22(13-16)24(17(2)29(23)15-18-8-10-19(27)11-9-18)25(30)26(31)28-20-5-4-6-21(14-20)32-3/h4-14H,15H2,1-3H3,(H,28,31). The predicted molar refractivity (Wildman–Crippen MR) is 128 cm³/mol. The van der Waals surface area contributed by atoms with Crippen LogP contribution >= 0.6 is 11.6 Å². The number of anilines is 1. The van der Waals surface area contributed by atoms with E-state index in [0.29, 0.717) is 28.6 Å². The van der Waals surface area contributed by atoms with Gasteiger partial charge in [0.15, 0.2) is 0 Å². The minimum Gasteiger partial charge on any atom is -0.497 e. The molecule has 1 aromatic heterocycles. The molecule has 162 valence electrons. The Kier molecular flexibility index (Phi) is 6.01. The summed E-state index contributed by atoms with van der Waals surface area (Å²) in [5.74, 6) is -0.661. The summed E-state index contributed by atoms with van der Waals surface area (Å²) in [5.41, 5.74) is 4.63. The smallest absolute Gasteiger partial charge is 0.296 e. The van der Waals surface area contributed by atoms with Gasteiger partial charge >= 0.3 is 0 Å². The molecule has 1 heterocycles. The number of aromatic nitrogens is 1. The summed E-state index contributed by atoms with van der Waals surface area (Å²) in [6.45, 7) is 4.40. The van der Waals surface area contributed by atoms with Gasteiger partial charge in [-0.2, -0.15) is 0 Å². The van der Waals surface area contributed by atoms with Crippen LogP contribution in [0.25, 0.3) is 10.9 Å². The third-order valence-corrected chi connectivity index (χ3v) is 5.75. The molecule has 0 saturated heterocycles. The normalized spacial score (nSPS) is 10.9. The number of hydrogen-bond acceptors (Lipinski definition) is 3. The number of Topliss-reactive ketones (excluding diaryl/α,β-unsaturated/α-hetero) is 1. The van der Waals surface area contributed by atoms with Crippen molar-refractivity contribution in [1.82, 2.24) is 4.57 Å². The Morgan fingerprint density at radius 2 is 1.75 bits per heavy atom. The fourth-order valence-corrected chi connectivity index (χ4v) is 3.99. The number of nitrogens with one attached hydrogen (secondary N) is 1. The zero-order valence-electron chi connectivity index (χ0n) is 18.1. The van der Waals surface area contributed by atoms with Crippen LogP contribution in [0.15, 0.2) is 66.7 Å². The molecule has 1 amide bonds. The first-order chi connectivity index (χ1) is 15.4. The van der Waals surface area contributed by atoms with Gasteiger partial charge in [0.1, 0.15) is 5.75 Å². The number of benzene rings is 3. The number of fused-ring (bicyclic) bond motifs is 1. The van der Waals surface area contributed by atoms with E-state index >= 15 is 0 Å². The summed E-state index contributed by atoms with van der Waals surface area (Å²) in [7, 11) is 1.55. The minimum absolute atomic E-state index is 0.415. The van der Waals surface area contributed by atoms with Gasteiger partial charge in [-0.05, 0) is 55.8 Å². The van der Waals surface area contributed by atoms with E-state index in [1.54, 1.807) is 31.4 Å². The second-order valence-corrected chi connectivity index (χ2v) is 8.15. The molecule has 0 aliphatic heterocycles. The lowest BCUT2D eigenvalue weighted by Gasteiger charge is -2.10. The van der Waals surface area contributed by atoms with Gasteiger partial charge in [-0.1, -0.05) is 41.4 Å². The summed E-state index contributed by atoms with van der Waals surface area (Å²) in [6, 6.07) is 20.5. The van der Waals surface area contributed by atoms with Crippen LogP contribution in [0.2, 0.25) is 5.02 Å². The lowest BCUT2D eigenvalue weighted by Crippen LogP contribution is -2.23. The summed E-state index contributed by atoms with van der Waals surface area (Å²) in [6.07, 6.45) is 0. The van der Waals surface area contributed by atoms with Crippen LogP contribution in [0.1, 0.15) is 27.2 Å². The Labute approximate surface area is 191 Å². The molecule has 1 N–H and O–H groups in total. The van der Waals surface area contributed by atoms with E-state index < -0.39 is 11.7 Å². The van der Waals surface area contributed by atoms with Crippen molar-refractivity contribution in [3.8, 4) is 5.75 Å². The maximum atomic E-state index is 13.3. The van der Waals surface area contributed by atoms with Crippen LogP contribution in [-0.4, -0.2) is 23.4 Å². The Hall–Kier alpha value is -3.57. The molecule has 0 spiro atoms. The van der Waals surface area contributed by atoms with Crippen molar-refractivity contribution in [3.63, 3.8) is 0 Å². The van der Waals surface area contributed by atoms with Crippen molar-refractivity contribution in [3.05, 3.63) is 94.1 Å². The summed E-state index contributed by atoms with van der Waals surface area (Å²) in [5, 5.41) is 4.13. The monoisotopic (exact) mass is 446 g/mol. The molecular formula is C26H23ClN2O3. The molecule has 0 radical (unpaired) electrons. The Morgan fingerprint density at radius 1 is 1.00 bits per heavy atom. The van der Waals surface area contributed by atoms with Crippen molar-refractivity contribution in [2.45, 2.75) is 20.4 Å². The van der Waals surface area contributed by atoms with Gasteiger partial charge in [-0.25, -0.2) is 0 Å². The molecule has 4 rings (SSSR count). The van der Waals surface area contributed by atoms with Gasteiger partial charge in [0, 0.05) is 39.9 Å². The summed E-state index contributed by atoms with van der Waals surface area (Å²) in [4.78, 5) is 26.2. The minimum atomic E-state index is -0.687. The van der Waals surface area contributed by atoms with Gasteiger partial charge in [-0.3, -0.25) is 9.59 Å². The number of ether oxygens (including phenoxy) is 1. The molecule has 0 atom stereocenters. The number of amides is 1. The number of methoxy groups -OCH3 is 1.